The average Bonchev–Trinajstić information content (AvgIpc) is 2.54. The Morgan fingerprint density at radius 3 is 2.57 bits per heavy atom. The molecule has 14 heavy (non-hydrogen) atoms. The van der Waals surface area contributed by atoms with Crippen molar-refractivity contribution in [3.63, 3.8) is 0 Å². The lowest BCUT2D eigenvalue weighted by atomic mass is 9.89. The van der Waals surface area contributed by atoms with Gasteiger partial charge in [0, 0.05) is 25.1 Å². The Morgan fingerprint density at radius 1 is 1.50 bits per heavy atom. The number of aromatic nitrogens is 1. The Kier molecular flexibility index (Phi) is 3.29. The van der Waals surface area contributed by atoms with Crippen molar-refractivity contribution >= 4 is 11.3 Å². The molecule has 1 rings (SSSR count). The van der Waals surface area contributed by atoms with E-state index < -0.39 is 5.54 Å². The highest BCUT2D eigenvalue weighted by Crippen LogP contribution is 2.30. The summed E-state index contributed by atoms with van der Waals surface area (Å²) in [6, 6.07) is 0. The molecule has 0 aromatic carbocycles. The van der Waals surface area contributed by atoms with Crippen LogP contribution in [-0.4, -0.2) is 17.7 Å². The number of rotatable bonds is 4. The second kappa shape index (κ2) is 3.96. The van der Waals surface area contributed by atoms with Crippen LogP contribution in [0.5, 0.6) is 0 Å². The molecule has 0 radical (unpaired) electrons. The number of thiazole rings is 1. The van der Waals surface area contributed by atoms with Crippen LogP contribution in [-0.2, 0) is 10.3 Å². The van der Waals surface area contributed by atoms with Gasteiger partial charge in [-0.3, -0.25) is 0 Å². The largest absolute Gasteiger partial charge is 0.379 e. The van der Waals surface area contributed by atoms with Crippen LogP contribution in [0.15, 0.2) is 11.6 Å². The lowest BCUT2D eigenvalue weighted by Gasteiger charge is -2.32. The third-order valence-electron chi connectivity index (χ3n) is 2.27. The van der Waals surface area contributed by atoms with E-state index >= 15 is 0 Å². The molecule has 0 saturated carbocycles. The van der Waals surface area contributed by atoms with Crippen molar-refractivity contribution in [2.24, 2.45) is 5.73 Å². The Balaban J connectivity index is 2.77. The molecule has 0 aliphatic carbocycles. The number of nitrogens with zero attached hydrogens (tertiary/aromatic N) is 1. The SMILES string of the molecule is COC(C)(C)CC(C)(N)c1nccs1. The molecule has 0 spiro atoms. The summed E-state index contributed by atoms with van der Waals surface area (Å²) in [5.41, 5.74) is 5.59. The van der Waals surface area contributed by atoms with Crippen molar-refractivity contribution in [2.45, 2.75) is 38.3 Å². The van der Waals surface area contributed by atoms with E-state index in [9.17, 15) is 0 Å². The quantitative estimate of drug-likeness (QED) is 0.835. The van der Waals surface area contributed by atoms with Gasteiger partial charge < -0.3 is 10.5 Å². The molecule has 0 aliphatic heterocycles. The van der Waals surface area contributed by atoms with Crippen molar-refractivity contribution in [3.8, 4) is 0 Å². The summed E-state index contributed by atoms with van der Waals surface area (Å²) < 4.78 is 5.37. The Morgan fingerprint density at radius 2 is 2.14 bits per heavy atom. The maximum Gasteiger partial charge on any atom is 0.112 e. The van der Waals surface area contributed by atoms with Crippen LogP contribution < -0.4 is 5.73 Å². The van der Waals surface area contributed by atoms with Gasteiger partial charge in [0.25, 0.3) is 0 Å². The molecule has 1 aromatic heterocycles. The minimum absolute atomic E-state index is 0.213. The van der Waals surface area contributed by atoms with Crippen LogP contribution in [0.25, 0.3) is 0 Å². The highest BCUT2D eigenvalue weighted by Gasteiger charge is 2.32. The molecule has 0 fully saturated rings. The van der Waals surface area contributed by atoms with Crippen molar-refractivity contribution < 1.29 is 4.74 Å². The van der Waals surface area contributed by atoms with E-state index in [1.54, 1.807) is 24.6 Å². The topological polar surface area (TPSA) is 48.1 Å². The van der Waals surface area contributed by atoms with Gasteiger partial charge in [-0.25, -0.2) is 4.98 Å². The van der Waals surface area contributed by atoms with E-state index in [1.807, 2.05) is 26.2 Å². The van der Waals surface area contributed by atoms with Gasteiger partial charge >= 0.3 is 0 Å². The summed E-state index contributed by atoms with van der Waals surface area (Å²) >= 11 is 1.59. The number of ether oxygens (including phenoxy) is 1. The number of hydrogen-bond donors (Lipinski definition) is 1. The maximum absolute atomic E-state index is 6.21. The summed E-state index contributed by atoms with van der Waals surface area (Å²) in [6.07, 6.45) is 2.54. The fourth-order valence-electron chi connectivity index (χ4n) is 1.54. The summed E-state index contributed by atoms with van der Waals surface area (Å²) in [7, 11) is 1.71. The zero-order chi connectivity index (χ0) is 10.8. The third-order valence-corrected chi connectivity index (χ3v) is 3.32. The van der Waals surface area contributed by atoms with Crippen LogP contribution in [0.3, 0.4) is 0 Å². The Bertz CT molecular complexity index is 280. The van der Waals surface area contributed by atoms with Gasteiger partial charge in [-0.1, -0.05) is 0 Å². The van der Waals surface area contributed by atoms with Gasteiger partial charge in [0.1, 0.15) is 5.01 Å². The van der Waals surface area contributed by atoms with Crippen LogP contribution in [0.4, 0.5) is 0 Å². The molecule has 80 valence electrons. The normalized spacial score (nSPS) is 16.6. The average molecular weight is 214 g/mol. The van der Waals surface area contributed by atoms with E-state index in [4.69, 9.17) is 10.5 Å². The van der Waals surface area contributed by atoms with Crippen molar-refractivity contribution in [1.82, 2.24) is 4.98 Å². The Labute approximate surface area is 89.3 Å². The molecular weight excluding hydrogens is 196 g/mol. The lowest BCUT2D eigenvalue weighted by molar-refractivity contribution is -0.00147. The highest BCUT2D eigenvalue weighted by molar-refractivity contribution is 7.09. The van der Waals surface area contributed by atoms with Gasteiger partial charge in [-0.05, 0) is 20.8 Å². The predicted molar refractivity (Wildman–Crippen MR) is 59.4 cm³/mol. The molecule has 2 N–H and O–H groups in total. The first-order chi connectivity index (χ1) is 6.37. The molecule has 1 atom stereocenters. The first kappa shape index (κ1) is 11.6. The van der Waals surface area contributed by atoms with E-state index in [1.165, 1.54) is 0 Å². The van der Waals surface area contributed by atoms with E-state index in [0.29, 0.717) is 0 Å². The van der Waals surface area contributed by atoms with Gasteiger partial charge in [0.05, 0.1) is 11.1 Å². The smallest absolute Gasteiger partial charge is 0.112 e. The molecule has 0 amide bonds. The van der Waals surface area contributed by atoms with E-state index in [2.05, 4.69) is 4.98 Å². The molecule has 1 unspecified atom stereocenters. The van der Waals surface area contributed by atoms with Crippen LogP contribution in [0.2, 0.25) is 0 Å². The monoisotopic (exact) mass is 214 g/mol. The molecule has 1 heterocycles. The fourth-order valence-corrected chi connectivity index (χ4v) is 2.25. The Hall–Kier alpha value is -0.450. The predicted octanol–water partition coefficient (Wildman–Crippen LogP) is 2.13. The standard InChI is InChI=1S/C10H18N2OS/c1-9(2,13-4)7-10(3,11)8-12-5-6-14-8/h5-6H,7,11H2,1-4H3. The van der Waals surface area contributed by atoms with Crippen molar-refractivity contribution in [3.05, 3.63) is 16.6 Å². The maximum atomic E-state index is 6.21. The first-order valence-corrected chi connectivity index (χ1v) is 5.49. The number of hydrogen-bond acceptors (Lipinski definition) is 4. The zero-order valence-electron chi connectivity index (χ0n) is 9.20. The highest BCUT2D eigenvalue weighted by atomic mass is 32.1. The number of nitrogens with two attached hydrogens (primary N) is 1. The van der Waals surface area contributed by atoms with Gasteiger partial charge in [-0.15, -0.1) is 11.3 Å². The molecular formula is C10H18N2OS. The second-order valence-electron chi connectivity index (χ2n) is 4.40. The first-order valence-electron chi connectivity index (χ1n) is 4.61. The second-order valence-corrected chi connectivity index (χ2v) is 5.29. The minimum atomic E-state index is -0.409. The van der Waals surface area contributed by atoms with Crippen LogP contribution in [0, 0.1) is 0 Å². The molecule has 1 aromatic rings. The fraction of sp³-hybridized carbons (Fsp3) is 0.700. The lowest BCUT2D eigenvalue weighted by Crippen LogP contribution is -2.41. The molecule has 0 saturated heterocycles. The summed E-state index contributed by atoms with van der Waals surface area (Å²) in [5.74, 6) is 0. The molecule has 3 nitrogen and oxygen atoms in total. The van der Waals surface area contributed by atoms with Gasteiger partial charge in [0.15, 0.2) is 0 Å². The van der Waals surface area contributed by atoms with Crippen LogP contribution >= 0.6 is 11.3 Å². The summed E-state index contributed by atoms with van der Waals surface area (Å²) in [5, 5.41) is 2.91. The van der Waals surface area contributed by atoms with E-state index in [-0.39, 0.29) is 5.60 Å². The van der Waals surface area contributed by atoms with Gasteiger partial charge in [-0.2, -0.15) is 0 Å². The minimum Gasteiger partial charge on any atom is -0.379 e. The summed E-state index contributed by atoms with van der Waals surface area (Å²) in [4.78, 5) is 4.24. The number of methoxy groups -OCH3 is 1. The van der Waals surface area contributed by atoms with E-state index in [0.717, 1.165) is 11.4 Å². The summed E-state index contributed by atoms with van der Waals surface area (Å²) in [6.45, 7) is 6.06. The van der Waals surface area contributed by atoms with Crippen LogP contribution in [0.1, 0.15) is 32.2 Å². The van der Waals surface area contributed by atoms with Crippen molar-refractivity contribution in [1.29, 1.82) is 0 Å². The molecule has 4 heteroatoms. The molecule has 0 bridgehead atoms. The van der Waals surface area contributed by atoms with Crippen molar-refractivity contribution in [2.75, 3.05) is 7.11 Å². The third kappa shape index (κ3) is 2.77. The molecule has 0 aliphatic rings. The zero-order valence-corrected chi connectivity index (χ0v) is 10.0. The van der Waals surface area contributed by atoms with Gasteiger partial charge in [0.2, 0.25) is 0 Å².